The number of hydrazine groups is 1. The molecule has 1 aliphatic rings. The fourth-order valence-corrected chi connectivity index (χ4v) is 7.45. The number of hydrogen-bond donors (Lipinski definition) is 3. The molecule has 1 aromatic carbocycles. The van der Waals surface area contributed by atoms with Gasteiger partial charge in [-0.15, -0.1) is 38.8 Å². The lowest BCUT2D eigenvalue weighted by Crippen LogP contribution is -2.46. The summed E-state index contributed by atoms with van der Waals surface area (Å²) in [7, 11) is -4.07. The van der Waals surface area contributed by atoms with E-state index in [1.807, 2.05) is 17.5 Å². The van der Waals surface area contributed by atoms with Crippen molar-refractivity contribution in [1.29, 1.82) is 5.26 Å². The van der Waals surface area contributed by atoms with Crippen molar-refractivity contribution in [3.63, 3.8) is 0 Å². The number of carbonyl (C=O) groups is 1. The molecule has 1 atom stereocenters. The number of sulfonamides is 1. The van der Waals surface area contributed by atoms with Crippen molar-refractivity contribution in [3.8, 4) is 6.07 Å². The Morgan fingerprint density at radius 1 is 1.08 bits per heavy atom. The summed E-state index contributed by atoms with van der Waals surface area (Å²) in [6, 6.07) is 16.8. The third-order valence-corrected chi connectivity index (χ3v) is 9.64. The maximum atomic E-state index is 13.6. The molecule has 0 saturated heterocycles. The largest absolute Gasteiger partial charge is 0.384 e. The summed E-state index contributed by atoms with van der Waals surface area (Å²) in [5, 5.41) is 13.7. The van der Waals surface area contributed by atoms with E-state index in [9.17, 15) is 23.3 Å². The van der Waals surface area contributed by atoms with Gasteiger partial charge in [-0.05, 0) is 41.1 Å². The van der Waals surface area contributed by atoms with Gasteiger partial charge in [0.15, 0.2) is 0 Å². The SMILES string of the molecule is N#CC1=C(N)n2c(s/c(=C/c3cccs3)c2=O)=C(C(=O)NNS(=O)(=O)c2ccccc2)C1c1cccs1. The average molecular weight is 568 g/mol. The molecule has 3 aromatic heterocycles. The lowest BCUT2D eigenvalue weighted by atomic mass is 9.88. The molecule has 1 aliphatic heterocycles. The highest BCUT2D eigenvalue weighted by Gasteiger charge is 2.36. The van der Waals surface area contributed by atoms with Crippen molar-refractivity contribution in [1.82, 2.24) is 14.8 Å². The van der Waals surface area contributed by atoms with Crippen LogP contribution in [0.25, 0.3) is 17.5 Å². The number of nitriles is 1. The molecule has 13 heteroatoms. The first-order valence-corrected chi connectivity index (χ1v) is 14.7. The molecule has 4 aromatic rings. The molecule has 37 heavy (non-hydrogen) atoms. The van der Waals surface area contributed by atoms with Crippen molar-refractivity contribution < 1.29 is 13.2 Å². The Balaban J connectivity index is 1.69. The van der Waals surface area contributed by atoms with E-state index in [1.54, 1.807) is 41.8 Å². The number of nitrogens with zero attached hydrogens (tertiary/aromatic N) is 2. The topological polar surface area (TPSA) is 147 Å². The molecular formula is C24H17N5O4S4. The number of allylic oxidation sites excluding steroid dienone is 1. The molecule has 1 unspecified atom stereocenters. The first-order valence-electron chi connectivity index (χ1n) is 10.6. The van der Waals surface area contributed by atoms with Crippen molar-refractivity contribution >= 4 is 67.4 Å². The van der Waals surface area contributed by atoms with Gasteiger partial charge in [0.05, 0.1) is 32.6 Å². The van der Waals surface area contributed by atoms with E-state index < -0.39 is 27.4 Å². The van der Waals surface area contributed by atoms with Gasteiger partial charge < -0.3 is 5.73 Å². The van der Waals surface area contributed by atoms with Crippen molar-refractivity contribution in [3.05, 3.63) is 100 Å². The molecule has 0 aliphatic carbocycles. The molecule has 186 valence electrons. The zero-order valence-corrected chi connectivity index (χ0v) is 22.0. The molecule has 4 heterocycles. The van der Waals surface area contributed by atoms with Gasteiger partial charge in [0, 0.05) is 9.75 Å². The number of fused-ring (bicyclic) bond motifs is 1. The molecule has 0 saturated carbocycles. The smallest absolute Gasteiger partial charge is 0.274 e. The molecule has 4 N–H and O–H groups in total. The second-order valence-corrected chi connectivity index (χ2v) is 12.4. The van der Waals surface area contributed by atoms with Gasteiger partial charge in [-0.25, -0.2) is 8.42 Å². The number of nitrogens with two attached hydrogens (primary N) is 1. The molecular weight excluding hydrogens is 551 g/mol. The summed E-state index contributed by atoms with van der Waals surface area (Å²) < 4.78 is 27.1. The molecule has 1 amide bonds. The minimum Gasteiger partial charge on any atom is -0.384 e. The van der Waals surface area contributed by atoms with Crippen LogP contribution in [0.4, 0.5) is 0 Å². The summed E-state index contributed by atoms with van der Waals surface area (Å²) >= 11 is 3.80. The van der Waals surface area contributed by atoms with Gasteiger partial charge in [-0.1, -0.05) is 30.3 Å². The van der Waals surface area contributed by atoms with Crippen LogP contribution in [0.1, 0.15) is 15.7 Å². The molecule has 0 radical (unpaired) electrons. The Morgan fingerprint density at radius 3 is 2.46 bits per heavy atom. The molecule has 0 fully saturated rings. The van der Waals surface area contributed by atoms with Crippen molar-refractivity contribution in [2.45, 2.75) is 10.8 Å². The van der Waals surface area contributed by atoms with Crippen LogP contribution in [0.2, 0.25) is 0 Å². The predicted molar refractivity (Wildman–Crippen MR) is 144 cm³/mol. The highest BCUT2D eigenvalue weighted by molar-refractivity contribution is 7.89. The van der Waals surface area contributed by atoms with Crippen LogP contribution in [0.15, 0.2) is 80.6 Å². The summed E-state index contributed by atoms with van der Waals surface area (Å²) in [4.78, 5) is 30.5. The Kier molecular flexibility index (Phi) is 6.67. The van der Waals surface area contributed by atoms with Crippen LogP contribution >= 0.6 is 34.0 Å². The number of benzene rings is 1. The quantitative estimate of drug-likeness (QED) is 0.301. The molecule has 5 rings (SSSR count). The fraction of sp³-hybridized carbons (Fsp3) is 0.0417. The Bertz CT molecular complexity index is 1840. The highest BCUT2D eigenvalue weighted by atomic mass is 32.2. The van der Waals surface area contributed by atoms with Gasteiger partial charge in [-0.3, -0.25) is 19.6 Å². The van der Waals surface area contributed by atoms with Gasteiger partial charge in [0.25, 0.3) is 21.5 Å². The third kappa shape index (κ3) is 4.57. The fourth-order valence-electron chi connectivity index (χ4n) is 3.85. The van der Waals surface area contributed by atoms with E-state index in [2.05, 4.69) is 16.3 Å². The Hall–Kier alpha value is -3.80. The maximum absolute atomic E-state index is 13.6. The maximum Gasteiger partial charge on any atom is 0.274 e. The molecule has 9 nitrogen and oxygen atoms in total. The number of aromatic nitrogens is 1. The number of nitrogens with one attached hydrogen (secondary N) is 2. The van der Waals surface area contributed by atoms with E-state index in [0.717, 1.165) is 20.8 Å². The number of thiophene rings is 2. The van der Waals surface area contributed by atoms with E-state index >= 15 is 0 Å². The van der Waals surface area contributed by atoms with E-state index in [1.165, 1.54) is 34.8 Å². The zero-order chi connectivity index (χ0) is 26.2. The van der Waals surface area contributed by atoms with Crippen LogP contribution in [0.5, 0.6) is 0 Å². The monoisotopic (exact) mass is 567 g/mol. The minimum atomic E-state index is -4.07. The van der Waals surface area contributed by atoms with Gasteiger partial charge in [0.2, 0.25) is 0 Å². The van der Waals surface area contributed by atoms with Crippen LogP contribution in [0.3, 0.4) is 0 Å². The third-order valence-electron chi connectivity index (χ3n) is 5.51. The van der Waals surface area contributed by atoms with Crippen LogP contribution in [-0.2, 0) is 14.8 Å². The van der Waals surface area contributed by atoms with E-state index in [-0.39, 0.29) is 26.5 Å². The lowest BCUT2D eigenvalue weighted by molar-refractivity contribution is -0.116. The van der Waals surface area contributed by atoms with Crippen molar-refractivity contribution in [2.75, 3.05) is 0 Å². The second-order valence-electron chi connectivity index (χ2n) is 7.72. The predicted octanol–water partition coefficient (Wildman–Crippen LogP) is 1.47. The van der Waals surface area contributed by atoms with Crippen LogP contribution in [-0.4, -0.2) is 18.9 Å². The van der Waals surface area contributed by atoms with Crippen LogP contribution in [0, 0.1) is 11.3 Å². The van der Waals surface area contributed by atoms with Gasteiger partial charge in [0.1, 0.15) is 10.5 Å². The molecule has 0 bridgehead atoms. The standard InChI is InChI=1S/C24H17N5O4S4/c25-13-16-19(17-9-5-11-35-17)20(22(30)27-28-37(32,33)15-7-2-1-3-8-15)24-29(21(16)26)23(31)18(36-24)12-14-6-4-10-34-14/h1-12,19,28H,26H2,(H,27,30)/b18-12+. The van der Waals surface area contributed by atoms with Crippen LogP contribution < -0.4 is 30.7 Å². The summed E-state index contributed by atoms with van der Waals surface area (Å²) in [5.41, 5.74) is 8.18. The first-order chi connectivity index (χ1) is 17.8. The van der Waals surface area contributed by atoms with E-state index in [0.29, 0.717) is 9.41 Å². The lowest BCUT2D eigenvalue weighted by Gasteiger charge is -2.24. The number of carbonyl (C=O) groups excluding carboxylic acids is 1. The number of hydrogen-bond acceptors (Lipinski definition) is 9. The Labute approximate surface area is 222 Å². The first kappa shape index (κ1) is 24.9. The average Bonchev–Trinajstić information content (AvgIpc) is 3.66. The highest BCUT2D eigenvalue weighted by Crippen LogP contribution is 2.38. The summed E-state index contributed by atoms with van der Waals surface area (Å²) in [6.45, 7) is 0. The zero-order valence-electron chi connectivity index (χ0n) is 18.7. The van der Waals surface area contributed by atoms with Crippen molar-refractivity contribution in [2.24, 2.45) is 5.73 Å². The minimum absolute atomic E-state index is 0.0218. The number of amides is 1. The Morgan fingerprint density at radius 2 is 1.81 bits per heavy atom. The second kappa shape index (κ2) is 9.92. The summed E-state index contributed by atoms with van der Waals surface area (Å²) in [5.74, 6) is -1.76. The van der Waals surface area contributed by atoms with Gasteiger partial charge >= 0.3 is 0 Å². The normalized spacial score (nSPS) is 15.9. The molecule has 0 spiro atoms. The number of thiazole rings is 1. The summed E-state index contributed by atoms with van der Waals surface area (Å²) in [6.07, 6.45) is 1.69. The van der Waals surface area contributed by atoms with E-state index in [4.69, 9.17) is 5.73 Å². The van der Waals surface area contributed by atoms with Gasteiger partial charge in [-0.2, -0.15) is 5.26 Å². The number of rotatable bonds is 6.